The molecule has 0 aliphatic carbocycles. The van der Waals surface area contributed by atoms with E-state index in [1.807, 2.05) is 0 Å². The van der Waals surface area contributed by atoms with E-state index in [-0.39, 0.29) is 23.8 Å². The number of thioether (sulfide) groups is 1. The van der Waals surface area contributed by atoms with Crippen molar-refractivity contribution in [2.24, 2.45) is 0 Å². The molecule has 9 heteroatoms. The molecule has 0 aromatic heterocycles. The first kappa shape index (κ1) is 14.7. The third-order valence-corrected chi connectivity index (χ3v) is 6.04. The first-order chi connectivity index (χ1) is 8.84. The molecule has 19 heavy (non-hydrogen) atoms. The van der Waals surface area contributed by atoms with E-state index in [1.165, 1.54) is 23.9 Å². The number of β-amino-alcohol motifs (C(OH)–C–C–N with tert-alkyl or cyclic N) is 1. The number of anilines is 1. The molecule has 1 aromatic carbocycles. The van der Waals surface area contributed by atoms with Gasteiger partial charge < -0.3 is 15.9 Å². The number of aromatic hydroxyl groups is 1. The molecule has 106 valence electrons. The van der Waals surface area contributed by atoms with E-state index >= 15 is 0 Å². The third-order valence-electron chi connectivity index (χ3n) is 2.72. The van der Waals surface area contributed by atoms with Crippen molar-refractivity contribution in [3.8, 4) is 5.75 Å². The average Bonchev–Trinajstić information content (AvgIpc) is 2.34. The molecule has 0 bridgehead atoms. The van der Waals surface area contributed by atoms with Crippen molar-refractivity contribution in [2.75, 3.05) is 24.6 Å². The number of halogens is 1. The maximum absolute atomic E-state index is 12.4. The molecule has 1 aliphatic heterocycles. The monoisotopic (exact) mass is 324 g/mol. The number of aliphatic hydroxyl groups excluding tert-OH is 1. The fourth-order valence-electron chi connectivity index (χ4n) is 1.76. The van der Waals surface area contributed by atoms with Gasteiger partial charge in [-0.2, -0.15) is 4.31 Å². The van der Waals surface area contributed by atoms with Crippen LogP contribution in [0.5, 0.6) is 5.75 Å². The van der Waals surface area contributed by atoms with Crippen molar-refractivity contribution in [3.05, 3.63) is 17.2 Å². The van der Waals surface area contributed by atoms with Gasteiger partial charge in [0, 0.05) is 18.8 Å². The number of nitrogens with two attached hydrogens (primary N) is 1. The van der Waals surface area contributed by atoms with Crippen molar-refractivity contribution >= 4 is 39.1 Å². The lowest BCUT2D eigenvalue weighted by molar-refractivity contribution is 0.218. The number of hydrogen-bond donors (Lipinski definition) is 3. The van der Waals surface area contributed by atoms with Crippen LogP contribution in [0.2, 0.25) is 5.02 Å². The normalized spacial score (nSPS) is 21.5. The molecule has 4 N–H and O–H groups in total. The molecular formula is C10H13ClN2O4S2. The lowest BCUT2D eigenvalue weighted by Gasteiger charge is -2.29. The summed E-state index contributed by atoms with van der Waals surface area (Å²) in [5.41, 5.74) is 4.65. The standard InChI is InChI=1S/C10H13ClN2O4S2/c11-6-1-2-7(12)9(15)10(6)19(16,17)13-3-4-18-8(14)5-13/h1-2,8,14-15H,3-5,12H2. The summed E-state index contributed by atoms with van der Waals surface area (Å²) in [7, 11) is -3.98. The van der Waals surface area contributed by atoms with Gasteiger partial charge in [0.2, 0.25) is 10.0 Å². The Balaban J connectivity index is 2.48. The summed E-state index contributed by atoms with van der Waals surface area (Å²) in [5, 5.41) is 19.2. The fourth-order valence-corrected chi connectivity index (χ4v) is 4.91. The topological polar surface area (TPSA) is 104 Å². The predicted molar refractivity (Wildman–Crippen MR) is 74.8 cm³/mol. The first-order valence-electron chi connectivity index (χ1n) is 5.41. The SMILES string of the molecule is Nc1ccc(Cl)c(S(=O)(=O)N2CCSC(O)C2)c1O. The first-order valence-corrected chi connectivity index (χ1v) is 8.27. The molecule has 1 saturated heterocycles. The quantitative estimate of drug-likeness (QED) is 0.546. The third kappa shape index (κ3) is 2.77. The number of phenolic OH excluding ortho intramolecular Hbond substituents is 1. The van der Waals surface area contributed by atoms with Crippen LogP contribution in [0.15, 0.2) is 17.0 Å². The Morgan fingerprint density at radius 2 is 2.16 bits per heavy atom. The number of phenols is 1. The van der Waals surface area contributed by atoms with Gasteiger partial charge in [0.1, 0.15) is 10.3 Å². The van der Waals surface area contributed by atoms with E-state index < -0.39 is 26.1 Å². The van der Waals surface area contributed by atoms with E-state index in [1.54, 1.807) is 0 Å². The van der Waals surface area contributed by atoms with Crippen LogP contribution in [-0.2, 0) is 10.0 Å². The van der Waals surface area contributed by atoms with Crippen molar-refractivity contribution in [3.63, 3.8) is 0 Å². The van der Waals surface area contributed by atoms with Gasteiger partial charge in [0.15, 0.2) is 5.75 Å². The Hall–Kier alpha value is -0.670. The number of nitrogen functional groups attached to an aromatic ring is 1. The van der Waals surface area contributed by atoms with Crippen LogP contribution in [0.3, 0.4) is 0 Å². The van der Waals surface area contributed by atoms with Gasteiger partial charge in [-0.3, -0.25) is 0 Å². The minimum atomic E-state index is -3.98. The van der Waals surface area contributed by atoms with Crippen molar-refractivity contribution in [1.82, 2.24) is 4.31 Å². The van der Waals surface area contributed by atoms with Crippen molar-refractivity contribution in [2.45, 2.75) is 10.3 Å². The predicted octanol–water partition coefficient (Wildman–Crippen LogP) is 0.684. The second-order valence-electron chi connectivity index (χ2n) is 4.00. The van der Waals surface area contributed by atoms with Gasteiger partial charge >= 0.3 is 0 Å². The van der Waals surface area contributed by atoms with Gasteiger partial charge in [-0.15, -0.1) is 11.8 Å². The van der Waals surface area contributed by atoms with Gasteiger partial charge in [0.05, 0.1) is 10.7 Å². The maximum atomic E-state index is 12.4. The van der Waals surface area contributed by atoms with Gasteiger partial charge in [-0.25, -0.2) is 8.42 Å². The number of nitrogens with zero attached hydrogens (tertiary/aromatic N) is 1. The van der Waals surface area contributed by atoms with Crippen LogP contribution < -0.4 is 5.73 Å². The number of hydrogen-bond acceptors (Lipinski definition) is 6. The highest BCUT2D eigenvalue weighted by Gasteiger charge is 2.34. The Morgan fingerprint density at radius 1 is 1.47 bits per heavy atom. The summed E-state index contributed by atoms with van der Waals surface area (Å²) in [6.07, 6.45) is 0. The second kappa shape index (κ2) is 5.37. The van der Waals surface area contributed by atoms with Gasteiger partial charge in [-0.1, -0.05) is 11.6 Å². The Labute approximate surface area is 120 Å². The summed E-state index contributed by atoms with van der Waals surface area (Å²) >= 11 is 7.13. The Bertz CT molecular complexity index is 593. The molecular weight excluding hydrogens is 312 g/mol. The number of rotatable bonds is 2. The number of benzene rings is 1. The average molecular weight is 325 g/mol. The summed E-state index contributed by atoms with van der Waals surface area (Å²) in [5.74, 6) is -0.0820. The molecule has 0 amide bonds. The van der Waals surface area contributed by atoms with Crippen LogP contribution in [0.25, 0.3) is 0 Å². The van der Waals surface area contributed by atoms with Gasteiger partial charge in [0.25, 0.3) is 0 Å². The summed E-state index contributed by atoms with van der Waals surface area (Å²) in [4.78, 5) is -0.409. The summed E-state index contributed by atoms with van der Waals surface area (Å²) < 4.78 is 26.0. The maximum Gasteiger partial charge on any atom is 0.248 e. The van der Waals surface area contributed by atoms with Crippen LogP contribution in [0, 0.1) is 0 Å². The molecule has 0 saturated carbocycles. The van der Waals surface area contributed by atoms with Crippen molar-refractivity contribution < 1.29 is 18.6 Å². The molecule has 2 rings (SSSR count). The Kier molecular flexibility index (Phi) is 4.17. The largest absolute Gasteiger partial charge is 0.504 e. The smallest absolute Gasteiger partial charge is 0.248 e. The molecule has 1 heterocycles. The molecule has 0 radical (unpaired) electrons. The molecule has 1 atom stereocenters. The van der Waals surface area contributed by atoms with E-state index in [9.17, 15) is 18.6 Å². The van der Waals surface area contributed by atoms with E-state index in [0.29, 0.717) is 5.75 Å². The molecule has 1 aromatic rings. The fraction of sp³-hybridized carbons (Fsp3) is 0.400. The molecule has 0 spiro atoms. The van der Waals surface area contributed by atoms with E-state index in [0.717, 1.165) is 4.31 Å². The zero-order chi connectivity index (χ0) is 14.2. The second-order valence-corrected chi connectivity index (χ2v) is 7.57. The number of sulfonamides is 1. The van der Waals surface area contributed by atoms with Crippen molar-refractivity contribution in [1.29, 1.82) is 0 Å². The molecule has 6 nitrogen and oxygen atoms in total. The summed E-state index contributed by atoms with van der Waals surface area (Å²) in [6, 6.07) is 2.65. The molecule has 1 aliphatic rings. The Morgan fingerprint density at radius 3 is 2.79 bits per heavy atom. The lowest BCUT2D eigenvalue weighted by atomic mass is 10.3. The van der Waals surface area contributed by atoms with Gasteiger partial charge in [-0.05, 0) is 12.1 Å². The zero-order valence-electron chi connectivity index (χ0n) is 9.78. The zero-order valence-corrected chi connectivity index (χ0v) is 12.2. The van der Waals surface area contributed by atoms with E-state index in [2.05, 4.69) is 0 Å². The minimum absolute atomic E-state index is 0.0441. The van der Waals surface area contributed by atoms with Crippen LogP contribution in [0.4, 0.5) is 5.69 Å². The lowest BCUT2D eigenvalue weighted by Crippen LogP contribution is -2.41. The van der Waals surface area contributed by atoms with Crippen LogP contribution >= 0.6 is 23.4 Å². The minimum Gasteiger partial charge on any atom is -0.504 e. The molecule has 1 unspecified atom stereocenters. The van der Waals surface area contributed by atoms with Crippen LogP contribution in [0.1, 0.15) is 0 Å². The molecule has 1 fully saturated rings. The van der Waals surface area contributed by atoms with Crippen LogP contribution in [-0.4, -0.2) is 47.2 Å². The summed E-state index contributed by atoms with van der Waals surface area (Å²) in [6.45, 7) is 0.201. The number of aliphatic hydroxyl groups is 1. The van der Waals surface area contributed by atoms with E-state index in [4.69, 9.17) is 17.3 Å². The highest BCUT2D eigenvalue weighted by Crippen LogP contribution is 2.37. The highest BCUT2D eigenvalue weighted by atomic mass is 35.5. The highest BCUT2D eigenvalue weighted by molar-refractivity contribution is 8.00.